The van der Waals surface area contributed by atoms with Gasteiger partial charge in [0.25, 0.3) is 5.91 Å². The Kier molecular flexibility index (Phi) is 4.22. The predicted octanol–water partition coefficient (Wildman–Crippen LogP) is 3.11. The Hall–Kier alpha value is -1.46. The number of piperidine rings is 1. The molecule has 3 rings (SSSR count). The highest BCUT2D eigenvalue weighted by molar-refractivity contribution is 7.20. The molecule has 1 fully saturated rings. The molecular weight excluding hydrogens is 287 g/mol. The second kappa shape index (κ2) is 6.12. The molecule has 1 saturated heterocycles. The van der Waals surface area contributed by atoms with Gasteiger partial charge in [-0.25, -0.2) is 4.39 Å². The second-order valence-electron chi connectivity index (χ2n) is 5.69. The zero-order valence-electron chi connectivity index (χ0n) is 12.1. The summed E-state index contributed by atoms with van der Waals surface area (Å²) in [6.07, 6.45) is 2.34. The number of fused-ring (bicyclic) bond motifs is 1. The van der Waals surface area contributed by atoms with Crippen molar-refractivity contribution in [1.29, 1.82) is 0 Å². The Morgan fingerprint density at radius 3 is 3.10 bits per heavy atom. The van der Waals surface area contributed by atoms with Crippen LogP contribution in [0.25, 0.3) is 10.1 Å². The highest BCUT2D eigenvalue weighted by atomic mass is 32.1. The van der Waals surface area contributed by atoms with Gasteiger partial charge in [-0.1, -0.05) is 6.07 Å². The third-order valence-electron chi connectivity index (χ3n) is 3.97. The lowest BCUT2D eigenvalue weighted by Crippen LogP contribution is -2.38. The van der Waals surface area contributed by atoms with E-state index in [1.807, 2.05) is 13.1 Å². The minimum absolute atomic E-state index is 0.0298. The van der Waals surface area contributed by atoms with Crippen molar-refractivity contribution in [3.05, 3.63) is 35.0 Å². The molecule has 1 atom stereocenters. The number of hydrogen-bond donors (Lipinski definition) is 1. The van der Waals surface area contributed by atoms with Gasteiger partial charge in [0.05, 0.1) is 4.88 Å². The lowest BCUT2D eigenvalue weighted by Gasteiger charge is -2.27. The fourth-order valence-corrected chi connectivity index (χ4v) is 3.93. The monoisotopic (exact) mass is 306 g/mol. The first-order chi connectivity index (χ1) is 10.1. The molecule has 1 aromatic carbocycles. The lowest BCUT2D eigenvalue weighted by molar-refractivity contribution is 0.0769. The summed E-state index contributed by atoms with van der Waals surface area (Å²) in [6.45, 7) is 2.83. The normalized spacial score (nSPS) is 18.9. The number of nitrogens with zero attached hydrogens (tertiary/aromatic N) is 1. The maximum atomic E-state index is 13.2. The van der Waals surface area contributed by atoms with E-state index in [1.54, 1.807) is 11.0 Å². The zero-order valence-corrected chi connectivity index (χ0v) is 12.9. The molecule has 0 spiro atoms. The highest BCUT2D eigenvalue weighted by Crippen LogP contribution is 2.27. The molecule has 1 N–H and O–H groups in total. The molecule has 21 heavy (non-hydrogen) atoms. The Bertz CT molecular complexity index is 649. The van der Waals surface area contributed by atoms with Crippen molar-refractivity contribution in [2.75, 3.05) is 26.7 Å². The van der Waals surface area contributed by atoms with Crippen LogP contribution in [0.15, 0.2) is 24.3 Å². The molecule has 1 amide bonds. The summed E-state index contributed by atoms with van der Waals surface area (Å²) in [7, 11) is 1.85. The van der Waals surface area contributed by atoms with Crippen LogP contribution in [0.2, 0.25) is 0 Å². The number of thiophene rings is 1. The van der Waals surface area contributed by atoms with Crippen molar-refractivity contribution in [1.82, 2.24) is 10.2 Å². The van der Waals surface area contributed by atoms with E-state index in [0.717, 1.165) is 29.7 Å². The van der Waals surface area contributed by atoms with Crippen LogP contribution in [0, 0.1) is 11.7 Å². The fourth-order valence-electron chi connectivity index (χ4n) is 2.85. The molecule has 0 saturated carbocycles. The number of carbonyl (C=O) groups is 1. The molecule has 0 radical (unpaired) electrons. The van der Waals surface area contributed by atoms with Gasteiger partial charge >= 0.3 is 0 Å². The summed E-state index contributed by atoms with van der Waals surface area (Å²) in [5.41, 5.74) is 0. The molecule has 2 aromatic rings. The van der Waals surface area contributed by atoms with E-state index in [0.29, 0.717) is 10.8 Å². The molecule has 1 unspecified atom stereocenters. The van der Waals surface area contributed by atoms with Gasteiger partial charge in [-0.15, -0.1) is 11.3 Å². The van der Waals surface area contributed by atoms with E-state index in [4.69, 9.17) is 0 Å². The van der Waals surface area contributed by atoms with E-state index in [-0.39, 0.29) is 11.7 Å². The lowest BCUT2D eigenvalue weighted by atomic mass is 9.99. The van der Waals surface area contributed by atoms with Gasteiger partial charge in [0.15, 0.2) is 0 Å². The van der Waals surface area contributed by atoms with Gasteiger partial charge in [0, 0.05) is 18.3 Å². The van der Waals surface area contributed by atoms with Crippen LogP contribution in [-0.4, -0.2) is 37.5 Å². The number of halogens is 1. The van der Waals surface area contributed by atoms with E-state index in [2.05, 4.69) is 5.32 Å². The zero-order chi connectivity index (χ0) is 14.8. The fraction of sp³-hybridized carbons (Fsp3) is 0.438. The molecule has 2 heterocycles. The predicted molar refractivity (Wildman–Crippen MR) is 84.3 cm³/mol. The number of rotatable bonds is 3. The van der Waals surface area contributed by atoms with Crippen LogP contribution in [0.3, 0.4) is 0 Å². The molecule has 112 valence electrons. The smallest absolute Gasteiger partial charge is 0.263 e. The number of amides is 1. The topological polar surface area (TPSA) is 32.3 Å². The van der Waals surface area contributed by atoms with Gasteiger partial charge in [0.2, 0.25) is 0 Å². The molecule has 3 nitrogen and oxygen atoms in total. The van der Waals surface area contributed by atoms with Crippen molar-refractivity contribution in [2.24, 2.45) is 5.92 Å². The van der Waals surface area contributed by atoms with Crippen molar-refractivity contribution in [3.8, 4) is 0 Å². The number of hydrogen-bond acceptors (Lipinski definition) is 3. The maximum absolute atomic E-state index is 13.2. The molecule has 1 aliphatic rings. The van der Waals surface area contributed by atoms with Crippen LogP contribution >= 0.6 is 11.3 Å². The first-order valence-corrected chi connectivity index (χ1v) is 8.10. The van der Waals surface area contributed by atoms with Crippen molar-refractivity contribution in [2.45, 2.75) is 12.8 Å². The van der Waals surface area contributed by atoms with Crippen molar-refractivity contribution >= 4 is 27.3 Å². The van der Waals surface area contributed by atoms with Crippen LogP contribution in [0.5, 0.6) is 0 Å². The maximum Gasteiger partial charge on any atom is 0.263 e. The number of benzene rings is 1. The average molecular weight is 306 g/mol. The molecule has 1 aliphatic heterocycles. The van der Waals surface area contributed by atoms with E-state index in [9.17, 15) is 9.18 Å². The molecule has 0 aliphatic carbocycles. The first-order valence-electron chi connectivity index (χ1n) is 7.29. The van der Waals surface area contributed by atoms with E-state index < -0.39 is 0 Å². The van der Waals surface area contributed by atoms with Crippen LogP contribution in [-0.2, 0) is 0 Å². The summed E-state index contributed by atoms with van der Waals surface area (Å²) in [6, 6.07) is 6.50. The average Bonchev–Trinajstić information content (AvgIpc) is 2.90. The first kappa shape index (κ1) is 14.5. The van der Waals surface area contributed by atoms with Crippen LogP contribution in [0.4, 0.5) is 4.39 Å². The Morgan fingerprint density at radius 2 is 2.33 bits per heavy atom. The minimum atomic E-state index is -0.259. The highest BCUT2D eigenvalue weighted by Gasteiger charge is 2.20. The largest absolute Gasteiger partial charge is 0.341 e. The third kappa shape index (κ3) is 3.24. The second-order valence-corrected chi connectivity index (χ2v) is 6.77. The quantitative estimate of drug-likeness (QED) is 0.945. The minimum Gasteiger partial charge on any atom is -0.341 e. The Morgan fingerprint density at radius 1 is 1.48 bits per heavy atom. The summed E-state index contributed by atoms with van der Waals surface area (Å²) < 4.78 is 14.0. The van der Waals surface area contributed by atoms with Gasteiger partial charge in [-0.05, 0) is 55.4 Å². The standard InChI is InChI=1S/C16H19FN2OS/c1-19(10-11-3-2-6-18-9-11)16(20)15-7-12-4-5-13(17)8-14(12)21-15/h4-5,7-8,11,18H,2-3,6,9-10H2,1H3. The Balaban J connectivity index is 1.72. The van der Waals surface area contributed by atoms with Gasteiger partial charge in [0.1, 0.15) is 5.82 Å². The SMILES string of the molecule is CN(CC1CCCNC1)C(=O)c1cc2ccc(F)cc2s1. The van der Waals surface area contributed by atoms with Crippen LogP contribution < -0.4 is 5.32 Å². The van der Waals surface area contributed by atoms with Crippen molar-refractivity contribution in [3.63, 3.8) is 0 Å². The summed E-state index contributed by atoms with van der Waals surface area (Å²) in [5.74, 6) is 0.298. The number of carbonyl (C=O) groups excluding carboxylic acids is 1. The summed E-state index contributed by atoms with van der Waals surface area (Å²) in [5, 5.41) is 4.30. The summed E-state index contributed by atoms with van der Waals surface area (Å²) in [4.78, 5) is 15.0. The Labute approximate surface area is 127 Å². The summed E-state index contributed by atoms with van der Waals surface area (Å²) >= 11 is 1.36. The van der Waals surface area contributed by atoms with E-state index in [1.165, 1.54) is 36.3 Å². The van der Waals surface area contributed by atoms with E-state index >= 15 is 0 Å². The van der Waals surface area contributed by atoms with Gasteiger partial charge in [-0.2, -0.15) is 0 Å². The van der Waals surface area contributed by atoms with Crippen LogP contribution in [0.1, 0.15) is 22.5 Å². The van der Waals surface area contributed by atoms with Gasteiger partial charge < -0.3 is 10.2 Å². The molecule has 5 heteroatoms. The number of nitrogens with one attached hydrogen (secondary N) is 1. The molecule has 1 aromatic heterocycles. The molecule has 0 bridgehead atoms. The third-order valence-corrected chi connectivity index (χ3v) is 5.06. The van der Waals surface area contributed by atoms with Gasteiger partial charge in [-0.3, -0.25) is 4.79 Å². The van der Waals surface area contributed by atoms with Crippen molar-refractivity contribution < 1.29 is 9.18 Å². The molecular formula is C16H19FN2OS.